The molecule has 1 aromatic carbocycles. The third kappa shape index (κ3) is 5.77. The van der Waals surface area contributed by atoms with Gasteiger partial charge in [0.2, 0.25) is 0 Å². The van der Waals surface area contributed by atoms with Crippen LogP contribution < -0.4 is 4.74 Å². The summed E-state index contributed by atoms with van der Waals surface area (Å²) in [5.74, 6) is 0.878. The van der Waals surface area contributed by atoms with Crippen LogP contribution in [0.5, 0.6) is 5.75 Å². The summed E-state index contributed by atoms with van der Waals surface area (Å²) in [5, 5.41) is 0. The SMILES string of the molecule is COc1cc[c-]cc1.[Cu+].c1ccc(-c2ccccn2)nc1. The topological polar surface area (TPSA) is 35.0 Å². The largest absolute Gasteiger partial charge is 1.00 e. The molecule has 0 unspecified atom stereocenters. The van der Waals surface area contributed by atoms with Crippen LogP contribution in [-0.4, -0.2) is 17.1 Å². The second-order valence-electron chi connectivity index (χ2n) is 3.87. The molecule has 0 aliphatic rings. The van der Waals surface area contributed by atoms with Crippen LogP contribution in [0.25, 0.3) is 11.4 Å². The van der Waals surface area contributed by atoms with Gasteiger partial charge in [-0.3, -0.25) is 9.97 Å². The molecule has 2 aromatic heterocycles. The van der Waals surface area contributed by atoms with E-state index in [2.05, 4.69) is 16.0 Å². The van der Waals surface area contributed by atoms with E-state index in [1.807, 2.05) is 60.7 Å². The number of ether oxygens (including phenoxy) is 1. The zero-order chi connectivity index (χ0) is 14.0. The minimum absolute atomic E-state index is 0. The summed E-state index contributed by atoms with van der Waals surface area (Å²) >= 11 is 0. The average molecular weight is 327 g/mol. The predicted octanol–water partition coefficient (Wildman–Crippen LogP) is 3.64. The second-order valence-corrected chi connectivity index (χ2v) is 3.87. The Hall–Kier alpha value is -2.16. The molecule has 0 amide bonds. The quantitative estimate of drug-likeness (QED) is 0.533. The van der Waals surface area contributed by atoms with Gasteiger partial charge in [-0.25, -0.2) is 0 Å². The minimum Gasteiger partial charge on any atom is -0.522 e. The van der Waals surface area contributed by atoms with E-state index in [9.17, 15) is 0 Å². The van der Waals surface area contributed by atoms with Gasteiger partial charge < -0.3 is 4.74 Å². The van der Waals surface area contributed by atoms with Crippen molar-refractivity contribution in [3.05, 3.63) is 79.1 Å². The van der Waals surface area contributed by atoms with Crippen LogP contribution in [0, 0.1) is 6.07 Å². The van der Waals surface area contributed by atoms with Crippen molar-refractivity contribution >= 4 is 0 Å². The second kappa shape index (κ2) is 9.70. The van der Waals surface area contributed by atoms with Crippen molar-refractivity contribution in [1.82, 2.24) is 9.97 Å². The summed E-state index contributed by atoms with van der Waals surface area (Å²) in [5.41, 5.74) is 1.83. The Kier molecular flexibility index (Phi) is 7.80. The number of benzene rings is 1. The van der Waals surface area contributed by atoms with Crippen molar-refractivity contribution in [3.8, 4) is 17.1 Å². The molecule has 21 heavy (non-hydrogen) atoms. The normalized spacial score (nSPS) is 8.81. The number of methoxy groups -OCH3 is 1. The Labute approximate surface area is 135 Å². The number of hydrogen-bond donors (Lipinski definition) is 0. The van der Waals surface area contributed by atoms with E-state index < -0.39 is 0 Å². The molecule has 3 rings (SSSR count). The molecule has 0 bridgehead atoms. The Morgan fingerprint density at radius 1 is 0.810 bits per heavy atom. The maximum atomic E-state index is 4.89. The van der Waals surface area contributed by atoms with Crippen molar-refractivity contribution in [2.75, 3.05) is 7.11 Å². The molecule has 0 radical (unpaired) electrons. The van der Waals surface area contributed by atoms with Crippen LogP contribution in [0.3, 0.4) is 0 Å². The summed E-state index contributed by atoms with van der Waals surface area (Å²) in [6, 6.07) is 21.8. The van der Waals surface area contributed by atoms with Crippen molar-refractivity contribution < 1.29 is 21.8 Å². The van der Waals surface area contributed by atoms with Gasteiger partial charge in [0.15, 0.2) is 0 Å². The molecule has 0 saturated carbocycles. The molecule has 0 atom stereocenters. The van der Waals surface area contributed by atoms with Gasteiger partial charge in [0, 0.05) is 18.1 Å². The molecule has 0 fully saturated rings. The molecule has 0 spiro atoms. The fourth-order valence-corrected chi connectivity index (χ4v) is 1.54. The van der Waals surface area contributed by atoms with Crippen LogP contribution in [0.4, 0.5) is 0 Å². The van der Waals surface area contributed by atoms with Gasteiger partial charge in [-0.2, -0.15) is 18.2 Å². The van der Waals surface area contributed by atoms with E-state index in [1.165, 1.54) is 0 Å². The summed E-state index contributed by atoms with van der Waals surface area (Å²) in [6.45, 7) is 0. The molecule has 3 nitrogen and oxygen atoms in total. The summed E-state index contributed by atoms with van der Waals surface area (Å²) < 4.78 is 4.89. The van der Waals surface area contributed by atoms with Gasteiger partial charge in [0.05, 0.1) is 18.5 Å². The van der Waals surface area contributed by atoms with Crippen LogP contribution in [0.15, 0.2) is 73.1 Å². The summed E-state index contributed by atoms with van der Waals surface area (Å²) in [4.78, 5) is 8.37. The first-order valence-corrected chi connectivity index (χ1v) is 6.22. The Morgan fingerprint density at radius 2 is 1.33 bits per heavy atom. The Bertz CT molecular complexity index is 566. The minimum atomic E-state index is 0. The average Bonchev–Trinajstić information content (AvgIpc) is 2.58. The van der Waals surface area contributed by atoms with E-state index >= 15 is 0 Å². The van der Waals surface area contributed by atoms with Gasteiger partial charge in [-0.1, -0.05) is 12.1 Å². The first kappa shape index (κ1) is 16.9. The first-order chi connectivity index (χ1) is 9.90. The zero-order valence-electron chi connectivity index (χ0n) is 11.5. The zero-order valence-corrected chi connectivity index (χ0v) is 12.5. The predicted molar refractivity (Wildman–Crippen MR) is 79.3 cm³/mol. The molecule has 4 heteroatoms. The van der Waals surface area contributed by atoms with Crippen molar-refractivity contribution in [2.24, 2.45) is 0 Å². The Morgan fingerprint density at radius 3 is 1.67 bits per heavy atom. The summed E-state index contributed by atoms with van der Waals surface area (Å²) in [7, 11) is 1.65. The standard InChI is InChI=1S/C10H8N2.C7H7O.Cu/c1-3-7-11-9(5-1)10-6-2-4-8-12-10;1-8-7-5-3-2-4-6-7;/h1-8H;3-6H,1H3;/q;-1;+1. The molecule has 0 aliphatic heterocycles. The van der Waals surface area contributed by atoms with E-state index in [4.69, 9.17) is 4.74 Å². The van der Waals surface area contributed by atoms with E-state index in [0.717, 1.165) is 17.1 Å². The van der Waals surface area contributed by atoms with Crippen molar-refractivity contribution in [1.29, 1.82) is 0 Å². The van der Waals surface area contributed by atoms with Crippen LogP contribution >= 0.6 is 0 Å². The molecule has 0 aliphatic carbocycles. The molecule has 110 valence electrons. The third-order valence-electron chi connectivity index (χ3n) is 2.52. The molecule has 2 heterocycles. The van der Waals surface area contributed by atoms with E-state index in [1.54, 1.807) is 19.5 Å². The fourth-order valence-electron chi connectivity index (χ4n) is 1.54. The van der Waals surface area contributed by atoms with Crippen molar-refractivity contribution in [2.45, 2.75) is 0 Å². The number of hydrogen-bond acceptors (Lipinski definition) is 3. The van der Waals surface area contributed by atoms with Gasteiger partial charge in [0.1, 0.15) is 0 Å². The van der Waals surface area contributed by atoms with E-state index in [-0.39, 0.29) is 17.1 Å². The van der Waals surface area contributed by atoms with Gasteiger partial charge >= 0.3 is 17.1 Å². The van der Waals surface area contributed by atoms with Crippen molar-refractivity contribution in [3.63, 3.8) is 0 Å². The first-order valence-electron chi connectivity index (χ1n) is 6.22. The monoisotopic (exact) mass is 326 g/mol. The Balaban J connectivity index is 0.000000216. The molecule has 0 N–H and O–H groups in total. The van der Waals surface area contributed by atoms with Gasteiger partial charge in [-0.05, 0) is 24.3 Å². The van der Waals surface area contributed by atoms with Crippen LogP contribution in [0.1, 0.15) is 0 Å². The van der Waals surface area contributed by atoms with Crippen LogP contribution in [-0.2, 0) is 17.1 Å². The van der Waals surface area contributed by atoms with Crippen LogP contribution in [0.2, 0.25) is 0 Å². The molecular formula is C17H15CuN2O. The molecular weight excluding hydrogens is 312 g/mol. The van der Waals surface area contributed by atoms with Gasteiger partial charge in [0.25, 0.3) is 0 Å². The molecule has 3 aromatic rings. The number of aromatic nitrogens is 2. The summed E-state index contributed by atoms with van der Waals surface area (Å²) in [6.07, 6.45) is 3.54. The maximum absolute atomic E-state index is 4.89. The third-order valence-corrected chi connectivity index (χ3v) is 2.52. The number of pyridine rings is 2. The number of rotatable bonds is 2. The fraction of sp³-hybridized carbons (Fsp3) is 0.0588. The molecule has 0 saturated heterocycles. The van der Waals surface area contributed by atoms with Gasteiger partial charge in [-0.15, -0.1) is 12.1 Å². The smallest absolute Gasteiger partial charge is 0.522 e. The van der Waals surface area contributed by atoms with E-state index in [0.29, 0.717) is 0 Å². The number of nitrogens with zero attached hydrogens (tertiary/aromatic N) is 2. The maximum Gasteiger partial charge on any atom is 1.00 e.